The van der Waals surface area contributed by atoms with Gasteiger partial charge in [0.2, 0.25) is 11.8 Å². The SMILES string of the molecule is NC(=O)CSc1ccccc1NC(=O)CN1CCCCC1C(=O)O. The fraction of sp³-hybridized carbons (Fsp3) is 0.438. The van der Waals surface area contributed by atoms with E-state index in [1.54, 1.807) is 23.1 Å². The fourth-order valence-electron chi connectivity index (χ4n) is 2.68. The second-order valence-corrected chi connectivity index (χ2v) is 6.64. The lowest BCUT2D eigenvalue weighted by molar-refractivity contribution is -0.145. The minimum absolute atomic E-state index is 0.0335. The third kappa shape index (κ3) is 5.24. The van der Waals surface area contributed by atoms with E-state index in [1.165, 1.54) is 11.8 Å². The molecule has 0 spiro atoms. The van der Waals surface area contributed by atoms with E-state index < -0.39 is 17.9 Å². The van der Waals surface area contributed by atoms with Crippen molar-refractivity contribution in [3.05, 3.63) is 24.3 Å². The number of amides is 2. The van der Waals surface area contributed by atoms with Crippen molar-refractivity contribution in [2.75, 3.05) is 24.2 Å². The average molecular weight is 351 g/mol. The molecule has 1 aromatic rings. The first-order valence-electron chi connectivity index (χ1n) is 7.74. The molecule has 4 N–H and O–H groups in total. The number of thioether (sulfide) groups is 1. The molecular formula is C16H21N3O4S. The number of nitrogens with one attached hydrogen (secondary N) is 1. The molecule has 1 fully saturated rings. The minimum Gasteiger partial charge on any atom is -0.480 e. The van der Waals surface area contributed by atoms with E-state index in [9.17, 15) is 19.5 Å². The molecule has 1 atom stereocenters. The Hall–Kier alpha value is -2.06. The van der Waals surface area contributed by atoms with Gasteiger partial charge in [-0.2, -0.15) is 0 Å². The number of likely N-dealkylation sites (tertiary alicyclic amines) is 1. The third-order valence-electron chi connectivity index (χ3n) is 3.78. The monoisotopic (exact) mass is 351 g/mol. The molecule has 1 heterocycles. The molecule has 7 nitrogen and oxygen atoms in total. The standard InChI is InChI=1S/C16H21N3O4S/c17-14(20)10-24-13-7-2-1-5-11(13)18-15(21)9-19-8-4-3-6-12(19)16(22)23/h1-2,5,7,12H,3-4,6,8-10H2,(H2,17,20)(H,18,21)(H,22,23). The lowest BCUT2D eigenvalue weighted by atomic mass is 10.0. The van der Waals surface area contributed by atoms with Crippen LogP contribution in [0.15, 0.2) is 29.2 Å². The van der Waals surface area contributed by atoms with Gasteiger partial charge in [-0.25, -0.2) is 0 Å². The number of carbonyl (C=O) groups excluding carboxylic acids is 2. The number of hydrogen-bond acceptors (Lipinski definition) is 5. The number of para-hydroxylation sites is 1. The summed E-state index contributed by atoms with van der Waals surface area (Å²) in [5, 5.41) is 12.1. The van der Waals surface area contributed by atoms with Crippen LogP contribution in [0.2, 0.25) is 0 Å². The number of carboxylic acids is 1. The average Bonchev–Trinajstić information content (AvgIpc) is 2.54. The van der Waals surface area contributed by atoms with Crippen molar-refractivity contribution in [3.63, 3.8) is 0 Å². The maximum Gasteiger partial charge on any atom is 0.320 e. The van der Waals surface area contributed by atoms with Crippen molar-refractivity contribution in [2.45, 2.75) is 30.2 Å². The van der Waals surface area contributed by atoms with E-state index in [-0.39, 0.29) is 18.2 Å². The van der Waals surface area contributed by atoms with Crippen LogP contribution < -0.4 is 11.1 Å². The lowest BCUT2D eigenvalue weighted by Gasteiger charge is -2.32. The molecular weight excluding hydrogens is 330 g/mol. The molecule has 24 heavy (non-hydrogen) atoms. The Labute approximate surface area is 144 Å². The van der Waals surface area contributed by atoms with E-state index in [1.807, 2.05) is 6.07 Å². The van der Waals surface area contributed by atoms with Gasteiger partial charge >= 0.3 is 5.97 Å². The molecule has 1 aromatic carbocycles. The number of hydrogen-bond donors (Lipinski definition) is 3. The summed E-state index contributed by atoms with van der Waals surface area (Å²) < 4.78 is 0. The zero-order valence-electron chi connectivity index (χ0n) is 13.2. The van der Waals surface area contributed by atoms with Gasteiger partial charge in [-0.15, -0.1) is 11.8 Å². The van der Waals surface area contributed by atoms with Crippen LogP contribution in [0.1, 0.15) is 19.3 Å². The number of anilines is 1. The van der Waals surface area contributed by atoms with Gasteiger partial charge in [-0.1, -0.05) is 18.6 Å². The number of piperidine rings is 1. The highest BCUT2D eigenvalue weighted by Gasteiger charge is 2.29. The molecule has 2 rings (SSSR count). The second kappa shape index (κ2) is 8.70. The molecule has 2 amide bonds. The number of primary amides is 1. The van der Waals surface area contributed by atoms with Crippen molar-refractivity contribution in [1.29, 1.82) is 0 Å². The van der Waals surface area contributed by atoms with E-state index in [0.29, 0.717) is 18.7 Å². The molecule has 0 saturated carbocycles. The minimum atomic E-state index is -0.889. The highest BCUT2D eigenvalue weighted by molar-refractivity contribution is 8.00. The maximum atomic E-state index is 12.3. The Bertz CT molecular complexity index is 623. The topological polar surface area (TPSA) is 113 Å². The largest absolute Gasteiger partial charge is 0.480 e. The normalized spacial score (nSPS) is 18.1. The smallest absolute Gasteiger partial charge is 0.320 e. The van der Waals surface area contributed by atoms with Gasteiger partial charge in [0, 0.05) is 4.90 Å². The molecule has 0 aromatic heterocycles. The molecule has 0 radical (unpaired) electrons. The molecule has 1 saturated heterocycles. The molecule has 8 heteroatoms. The third-order valence-corrected chi connectivity index (χ3v) is 4.87. The summed E-state index contributed by atoms with van der Waals surface area (Å²) in [6, 6.07) is 6.52. The molecule has 0 aliphatic carbocycles. The van der Waals surface area contributed by atoms with E-state index in [0.717, 1.165) is 17.7 Å². The van der Waals surface area contributed by atoms with Crippen molar-refractivity contribution >= 4 is 35.2 Å². The van der Waals surface area contributed by atoms with Crippen LogP contribution >= 0.6 is 11.8 Å². The summed E-state index contributed by atoms with van der Waals surface area (Å²) in [5.74, 6) is -1.46. The number of aliphatic carboxylic acids is 1. The first kappa shape index (κ1) is 18.3. The van der Waals surface area contributed by atoms with Crippen LogP contribution in [-0.2, 0) is 14.4 Å². The van der Waals surface area contributed by atoms with Crippen molar-refractivity contribution in [1.82, 2.24) is 4.90 Å². The highest BCUT2D eigenvalue weighted by Crippen LogP contribution is 2.27. The Kier molecular flexibility index (Phi) is 6.62. The van der Waals surface area contributed by atoms with Crippen molar-refractivity contribution < 1.29 is 19.5 Å². The van der Waals surface area contributed by atoms with Crippen molar-refractivity contribution in [2.24, 2.45) is 5.73 Å². The second-order valence-electron chi connectivity index (χ2n) is 5.62. The Morgan fingerprint density at radius 3 is 2.75 bits per heavy atom. The maximum absolute atomic E-state index is 12.3. The van der Waals surface area contributed by atoms with Crippen LogP contribution in [0.4, 0.5) is 5.69 Å². The van der Waals surface area contributed by atoms with Crippen LogP contribution in [0.25, 0.3) is 0 Å². The number of rotatable bonds is 7. The fourth-order valence-corrected chi connectivity index (χ4v) is 3.43. The van der Waals surface area contributed by atoms with Crippen LogP contribution in [0.5, 0.6) is 0 Å². The van der Waals surface area contributed by atoms with Gasteiger partial charge in [0.05, 0.1) is 18.0 Å². The van der Waals surface area contributed by atoms with E-state index in [2.05, 4.69) is 5.32 Å². The van der Waals surface area contributed by atoms with Gasteiger partial charge in [0.25, 0.3) is 0 Å². The number of nitrogens with zero attached hydrogens (tertiary/aromatic N) is 1. The quantitative estimate of drug-likeness (QED) is 0.635. The number of carboxylic acid groups (broad SMARTS) is 1. The Morgan fingerprint density at radius 2 is 2.04 bits per heavy atom. The predicted molar refractivity (Wildman–Crippen MR) is 91.8 cm³/mol. The number of benzene rings is 1. The van der Waals surface area contributed by atoms with Crippen LogP contribution in [-0.4, -0.2) is 52.7 Å². The molecule has 0 bridgehead atoms. The summed E-state index contributed by atoms with van der Waals surface area (Å²) in [6.07, 6.45) is 2.32. The lowest BCUT2D eigenvalue weighted by Crippen LogP contribution is -2.47. The van der Waals surface area contributed by atoms with Crippen molar-refractivity contribution in [3.8, 4) is 0 Å². The molecule has 1 unspecified atom stereocenters. The van der Waals surface area contributed by atoms with Gasteiger partial charge in [-0.05, 0) is 31.5 Å². The number of nitrogens with two attached hydrogens (primary N) is 1. The zero-order valence-corrected chi connectivity index (χ0v) is 14.1. The Morgan fingerprint density at radius 1 is 1.29 bits per heavy atom. The van der Waals surface area contributed by atoms with Gasteiger partial charge in [0.15, 0.2) is 0 Å². The predicted octanol–water partition coefficient (Wildman–Crippen LogP) is 1.14. The van der Waals surface area contributed by atoms with E-state index >= 15 is 0 Å². The van der Waals surface area contributed by atoms with Gasteiger partial charge in [0.1, 0.15) is 6.04 Å². The highest BCUT2D eigenvalue weighted by atomic mass is 32.2. The van der Waals surface area contributed by atoms with Crippen LogP contribution in [0.3, 0.4) is 0 Å². The summed E-state index contributed by atoms with van der Waals surface area (Å²) in [5.41, 5.74) is 5.74. The molecule has 1 aliphatic rings. The Balaban J connectivity index is 1.99. The summed E-state index contributed by atoms with van der Waals surface area (Å²) in [6.45, 7) is 0.633. The number of carbonyl (C=O) groups is 3. The first-order valence-corrected chi connectivity index (χ1v) is 8.73. The molecule has 130 valence electrons. The zero-order chi connectivity index (χ0) is 17.5. The summed E-state index contributed by atoms with van der Waals surface area (Å²) in [7, 11) is 0. The summed E-state index contributed by atoms with van der Waals surface area (Å²) >= 11 is 1.25. The van der Waals surface area contributed by atoms with Gasteiger partial charge in [-0.3, -0.25) is 19.3 Å². The van der Waals surface area contributed by atoms with E-state index in [4.69, 9.17) is 5.73 Å². The summed E-state index contributed by atoms with van der Waals surface area (Å²) in [4.78, 5) is 36.9. The molecule has 1 aliphatic heterocycles. The first-order chi connectivity index (χ1) is 11.5. The van der Waals surface area contributed by atoms with Crippen LogP contribution in [0, 0.1) is 0 Å². The van der Waals surface area contributed by atoms with Gasteiger partial charge < -0.3 is 16.2 Å².